The Morgan fingerprint density at radius 3 is 2.59 bits per heavy atom. The summed E-state index contributed by atoms with van der Waals surface area (Å²) in [4.78, 5) is 15.8. The van der Waals surface area contributed by atoms with E-state index in [1.807, 2.05) is 49.4 Å². The van der Waals surface area contributed by atoms with Gasteiger partial charge in [-0.2, -0.15) is 0 Å². The van der Waals surface area contributed by atoms with Crippen LogP contribution in [0.1, 0.15) is 33.1 Å². The van der Waals surface area contributed by atoms with Crippen molar-refractivity contribution in [3.05, 3.63) is 42.5 Å². The molecule has 1 atom stereocenters. The largest absolute Gasteiger partial charge is 0.480 e. The molecule has 5 heteroatoms. The van der Waals surface area contributed by atoms with Crippen LogP contribution < -0.4 is 11.1 Å². The van der Waals surface area contributed by atoms with E-state index in [4.69, 9.17) is 5.73 Å². The van der Waals surface area contributed by atoms with Crippen LogP contribution in [-0.2, 0) is 4.79 Å². The van der Waals surface area contributed by atoms with Gasteiger partial charge in [0.2, 0.25) is 0 Å². The number of nitrogens with two attached hydrogens (primary N) is 1. The molecule has 0 saturated carbocycles. The third-order valence-electron chi connectivity index (χ3n) is 3.52. The predicted molar refractivity (Wildman–Crippen MR) is 91.3 cm³/mol. The molecule has 0 aliphatic heterocycles. The minimum absolute atomic E-state index is 0.505. The molecule has 120 valence electrons. The quantitative estimate of drug-likeness (QED) is 0.372. The summed E-state index contributed by atoms with van der Waals surface area (Å²) in [6.07, 6.45) is 5.54. The number of hydrogen-bond donors (Lipinski definition) is 3. The number of carboxylic acids is 1. The second kappa shape index (κ2) is 8.87. The summed E-state index contributed by atoms with van der Waals surface area (Å²) < 4.78 is 0. The molecular formula is C17H25N3O2. The van der Waals surface area contributed by atoms with Crippen LogP contribution in [0.3, 0.4) is 0 Å². The summed E-state index contributed by atoms with van der Waals surface area (Å²) in [5, 5.41) is 12.8. The molecule has 0 amide bonds. The van der Waals surface area contributed by atoms with Gasteiger partial charge in [-0.3, -0.25) is 4.99 Å². The van der Waals surface area contributed by atoms with Crippen LogP contribution >= 0.6 is 0 Å². The summed E-state index contributed by atoms with van der Waals surface area (Å²) >= 11 is 0. The molecule has 5 nitrogen and oxygen atoms in total. The SMILES string of the molecule is CC[C@@](CC/C=C\CN=C(C)N)(Nc1ccccc1)C(=O)O. The van der Waals surface area contributed by atoms with Crippen molar-refractivity contribution in [3.63, 3.8) is 0 Å². The van der Waals surface area contributed by atoms with Crippen molar-refractivity contribution < 1.29 is 9.90 Å². The van der Waals surface area contributed by atoms with Gasteiger partial charge >= 0.3 is 5.97 Å². The van der Waals surface area contributed by atoms with Crippen molar-refractivity contribution in [1.29, 1.82) is 0 Å². The number of carbonyl (C=O) groups is 1. The highest BCUT2D eigenvalue weighted by atomic mass is 16.4. The zero-order valence-corrected chi connectivity index (χ0v) is 13.2. The molecule has 1 aromatic carbocycles. The van der Waals surface area contributed by atoms with Crippen molar-refractivity contribution in [2.75, 3.05) is 11.9 Å². The lowest BCUT2D eigenvalue weighted by atomic mass is 9.89. The van der Waals surface area contributed by atoms with Gasteiger partial charge in [-0.15, -0.1) is 0 Å². The van der Waals surface area contributed by atoms with Gasteiger partial charge in [-0.1, -0.05) is 37.3 Å². The number of anilines is 1. The van der Waals surface area contributed by atoms with Crippen LogP contribution in [0, 0.1) is 0 Å². The summed E-state index contributed by atoms with van der Waals surface area (Å²) in [6, 6.07) is 9.43. The smallest absolute Gasteiger partial charge is 0.329 e. The number of amidine groups is 1. The van der Waals surface area contributed by atoms with Crippen LogP contribution in [-0.4, -0.2) is 29.0 Å². The second-order valence-corrected chi connectivity index (χ2v) is 5.22. The van der Waals surface area contributed by atoms with Gasteiger partial charge in [0.15, 0.2) is 0 Å². The number of allylic oxidation sites excluding steroid dienone is 1. The molecule has 1 rings (SSSR count). The van der Waals surface area contributed by atoms with Gasteiger partial charge < -0.3 is 16.2 Å². The molecule has 0 aliphatic carbocycles. The monoisotopic (exact) mass is 303 g/mol. The van der Waals surface area contributed by atoms with Crippen LogP contribution in [0.4, 0.5) is 5.69 Å². The van der Waals surface area contributed by atoms with Crippen molar-refractivity contribution in [1.82, 2.24) is 0 Å². The minimum Gasteiger partial charge on any atom is -0.480 e. The molecule has 4 N–H and O–H groups in total. The van der Waals surface area contributed by atoms with E-state index in [-0.39, 0.29) is 0 Å². The topological polar surface area (TPSA) is 87.7 Å². The molecule has 0 unspecified atom stereocenters. The zero-order chi connectivity index (χ0) is 16.4. The van der Waals surface area contributed by atoms with Gasteiger partial charge in [0.05, 0.1) is 12.4 Å². The lowest BCUT2D eigenvalue weighted by Gasteiger charge is -2.30. The van der Waals surface area contributed by atoms with Gasteiger partial charge in [-0.25, -0.2) is 4.79 Å². The molecule has 0 aliphatic rings. The van der Waals surface area contributed by atoms with Gasteiger partial charge in [0, 0.05) is 5.69 Å². The first kappa shape index (κ1) is 17.8. The number of hydrogen-bond acceptors (Lipinski definition) is 3. The maximum atomic E-state index is 11.7. The third-order valence-corrected chi connectivity index (χ3v) is 3.52. The van der Waals surface area contributed by atoms with E-state index in [0.717, 1.165) is 5.69 Å². The summed E-state index contributed by atoms with van der Waals surface area (Å²) in [6.45, 7) is 4.15. The Morgan fingerprint density at radius 1 is 1.36 bits per heavy atom. The van der Waals surface area contributed by atoms with E-state index >= 15 is 0 Å². The molecule has 0 aromatic heterocycles. The van der Waals surface area contributed by atoms with E-state index in [1.54, 1.807) is 6.92 Å². The highest BCUT2D eigenvalue weighted by molar-refractivity contribution is 5.82. The molecule has 0 spiro atoms. The highest BCUT2D eigenvalue weighted by Gasteiger charge is 2.35. The summed E-state index contributed by atoms with van der Waals surface area (Å²) in [5.74, 6) is -0.285. The first-order valence-electron chi connectivity index (χ1n) is 7.48. The molecule has 1 aromatic rings. The number of carboxylic acid groups (broad SMARTS) is 1. The van der Waals surface area contributed by atoms with E-state index in [9.17, 15) is 9.90 Å². The van der Waals surface area contributed by atoms with Crippen LogP contribution in [0.15, 0.2) is 47.5 Å². The Morgan fingerprint density at radius 2 is 2.05 bits per heavy atom. The fraction of sp³-hybridized carbons (Fsp3) is 0.412. The standard InChI is InChI=1S/C17H25N3O2/c1-3-17(16(21)22,20-15-10-6-4-7-11-15)12-8-5-9-13-19-14(2)18/h4-7,9-11,20H,3,8,12-13H2,1-2H3,(H2,18,19)(H,21,22)/b9-5-/t17-/m0/s1. The maximum Gasteiger partial charge on any atom is 0.329 e. The van der Waals surface area contributed by atoms with E-state index < -0.39 is 11.5 Å². The Kier molecular flexibility index (Phi) is 7.16. The van der Waals surface area contributed by atoms with E-state index in [2.05, 4.69) is 10.3 Å². The Hall–Kier alpha value is -2.30. The Bertz CT molecular complexity index is 522. The average Bonchev–Trinajstić information content (AvgIpc) is 2.50. The fourth-order valence-corrected chi connectivity index (χ4v) is 2.16. The third kappa shape index (κ3) is 5.60. The molecule has 0 fully saturated rings. The number of para-hydroxylation sites is 1. The number of nitrogens with one attached hydrogen (secondary N) is 1. The van der Waals surface area contributed by atoms with Crippen LogP contribution in [0.5, 0.6) is 0 Å². The molecule has 0 heterocycles. The lowest BCUT2D eigenvalue weighted by Crippen LogP contribution is -2.45. The maximum absolute atomic E-state index is 11.7. The molecule has 22 heavy (non-hydrogen) atoms. The number of nitrogens with zero attached hydrogens (tertiary/aromatic N) is 1. The predicted octanol–water partition coefficient (Wildman–Crippen LogP) is 3.05. The Balaban J connectivity index is 2.68. The number of rotatable bonds is 9. The summed E-state index contributed by atoms with van der Waals surface area (Å²) in [7, 11) is 0. The van der Waals surface area contributed by atoms with Crippen molar-refractivity contribution >= 4 is 17.5 Å². The van der Waals surface area contributed by atoms with Gasteiger partial charge in [-0.05, 0) is 38.3 Å². The number of aliphatic carboxylic acids is 1. The first-order valence-corrected chi connectivity index (χ1v) is 7.48. The Labute approximate surface area is 131 Å². The van der Waals surface area contributed by atoms with Gasteiger partial charge in [0.25, 0.3) is 0 Å². The van der Waals surface area contributed by atoms with E-state index in [1.165, 1.54) is 0 Å². The number of benzene rings is 1. The van der Waals surface area contributed by atoms with Crippen LogP contribution in [0.2, 0.25) is 0 Å². The van der Waals surface area contributed by atoms with Crippen molar-refractivity contribution in [2.45, 2.75) is 38.6 Å². The zero-order valence-electron chi connectivity index (χ0n) is 13.2. The van der Waals surface area contributed by atoms with Crippen molar-refractivity contribution in [3.8, 4) is 0 Å². The summed E-state index contributed by atoms with van der Waals surface area (Å²) in [5.41, 5.74) is 5.31. The first-order chi connectivity index (χ1) is 10.5. The van der Waals surface area contributed by atoms with E-state index in [0.29, 0.717) is 31.6 Å². The highest BCUT2D eigenvalue weighted by Crippen LogP contribution is 2.24. The average molecular weight is 303 g/mol. The normalized spacial score (nSPS) is 14.7. The molecule has 0 radical (unpaired) electrons. The molecular weight excluding hydrogens is 278 g/mol. The second-order valence-electron chi connectivity index (χ2n) is 5.22. The fourth-order valence-electron chi connectivity index (χ4n) is 2.16. The van der Waals surface area contributed by atoms with Crippen LogP contribution in [0.25, 0.3) is 0 Å². The number of aliphatic imine (C=N–C) groups is 1. The molecule has 0 saturated heterocycles. The van der Waals surface area contributed by atoms with Crippen molar-refractivity contribution in [2.24, 2.45) is 10.7 Å². The molecule has 0 bridgehead atoms. The lowest BCUT2D eigenvalue weighted by molar-refractivity contribution is -0.142. The van der Waals surface area contributed by atoms with Gasteiger partial charge in [0.1, 0.15) is 5.54 Å². The minimum atomic E-state index is -0.960.